The first-order valence-corrected chi connectivity index (χ1v) is 7.91. The highest BCUT2D eigenvalue weighted by Crippen LogP contribution is 2.35. The minimum atomic E-state index is -0.277. The number of carbonyl (C=O) groups is 1. The monoisotopic (exact) mass is 338 g/mol. The van der Waals surface area contributed by atoms with Crippen LogP contribution in [0.4, 0.5) is 0 Å². The van der Waals surface area contributed by atoms with Crippen molar-refractivity contribution in [2.24, 2.45) is 0 Å². The van der Waals surface area contributed by atoms with Crippen molar-refractivity contribution in [2.45, 2.75) is 6.42 Å². The molecule has 0 saturated heterocycles. The van der Waals surface area contributed by atoms with Crippen LogP contribution in [0.1, 0.15) is 17.5 Å². The minimum absolute atomic E-state index is 0.220. The normalized spacial score (nSPS) is 10.4. The molecule has 2 rings (SSSR count). The molecule has 0 aliphatic rings. The highest BCUT2D eigenvalue weighted by molar-refractivity contribution is 5.86. The van der Waals surface area contributed by atoms with Gasteiger partial charge in [-0.05, 0) is 17.7 Å². The molecule has 2 aromatic rings. The van der Waals surface area contributed by atoms with E-state index in [0.717, 1.165) is 28.2 Å². The predicted octanol–water partition coefficient (Wildman–Crippen LogP) is 4.25. The van der Waals surface area contributed by atoms with Gasteiger partial charge in [0.15, 0.2) is 0 Å². The zero-order valence-corrected chi connectivity index (χ0v) is 14.7. The van der Waals surface area contributed by atoms with Crippen molar-refractivity contribution in [3.63, 3.8) is 0 Å². The summed E-state index contributed by atoms with van der Waals surface area (Å²) in [6.07, 6.45) is 5.76. The van der Waals surface area contributed by atoms with Gasteiger partial charge in [-0.2, -0.15) is 0 Å². The number of hydrogen-bond donors (Lipinski definition) is 0. The molecule has 0 saturated carbocycles. The first-order valence-electron chi connectivity index (χ1n) is 7.91. The molecule has 0 atom stereocenters. The van der Waals surface area contributed by atoms with Gasteiger partial charge in [-0.3, -0.25) is 4.79 Å². The van der Waals surface area contributed by atoms with E-state index in [-0.39, 0.29) is 12.4 Å². The van der Waals surface area contributed by atoms with Crippen LogP contribution in [0.2, 0.25) is 0 Å². The van der Waals surface area contributed by atoms with Gasteiger partial charge >= 0.3 is 5.97 Å². The van der Waals surface area contributed by atoms with Crippen LogP contribution in [-0.4, -0.2) is 27.3 Å². The smallest absolute Gasteiger partial charge is 0.309 e. The Labute approximate surface area is 148 Å². The van der Waals surface area contributed by atoms with Gasteiger partial charge in [-0.15, -0.1) is 0 Å². The van der Waals surface area contributed by atoms with Crippen LogP contribution in [0.3, 0.4) is 0 Å². The molecular formula is C21H22O4. The van der Waals surface area contributed by atoms with Crippen LogP contribution >= 0.6 is 0 Å². The molecule has 0 aliphatic heterocycles. The maximum atomic E-state index is 11.3. The summed E-state index contributed by atoms with van der Waals surface area (Å²) in [5.41, 5.74) is 2.82. The summed E-state index contributed by atoms with van der Waals surface area (Å²) in [4.78, 5) is 11.3. The first kappa shape index (κ1) is 18.3. The Balaban J connectivity index is 2.50. The Morgan fingerprint density at radius 2 is 1.40 bits per heavy atom. The van der Waals surface area contributed by atoms with Crippen molar-refractivity contribution in [3.8, 4) is 11.5 Å². The van der Waals surface area contributed by atoms with Gasteiger partial charge in [-0.25, -0.2) is 0 Å². The van der Waals surface area contributed by atoms with Crippen molar-refractivity contribution < 1.29 is 19.0 Å². The largest absolute Gasteiger partial charge is 0.496 e. The standard InChI is InChI=1S/C21H22O4/c1-23-19-13-7-4-11-17(19)16(10-6-9-15-21(22)25-3)18-12-5-8-14-20(18)24-2/h4-14H,15H2,1-3H3/b9-6+. The van der Waals surface area contributed by atoms with E-state index in [1.165, 1.54) is 7.11 Å². The molecule has 0 fully saturated rings. The van der Waals surface area contributed by atoms with Crippen LogP contribution in [0.5, 0.6) is 11.5 Å². The second kappa shape index (κ2) is 9.33. The maximum Gasteiger partial charge on any atom is 0.309 e. The number of rotatable bonds is 7. The second-order valence-corrected chi connectivity index (χ2v) is 5.19. The van der Waals surface area contributed by atoms with E-state index < -0.39 is 0 Å². The maximum absolute atomic E-state index is 11.3. The fourth-order valence-corrected chi connectivity index (χ4v) is 2.47. The molecule has 130 valence electrons. The number of methoxy groups -OCH3 is 3. The average molecular weight is 338 g/mol. The van der Waals surface area contributed by atoms with Crippen molar-refractivity contribution in [1.82, 2.24) is 0 Å². The molecule has 2 aromatic carbocycles. The highest BCUT2D eigenvalue weighted by atomic mass is 16.5. The van der Waals surface area contributed by atoms with E-state index in [1.54, 1.807) is 20.3 Å². The molecule has 0 aromatic heterocycles. The molecule has 25 heavy (non-hydrogen) atoms. The lowest BCUT2D eigenvalue weighted by molar-refractivity contribution is -0.139. The van der Waals surface area contributed by atoms with Gasteiger partial charge in [0.1, 0.15) is 11.5 Å². The van der Waals surface area contributed by atoms with Crippen LogP contribution in [0.15, 0.2) is 66.8 Å². The molecule has 0 aliphatic carbocycles. The van der Waals surface area contributed by atoms with Gasteiger partial charge in [-0.1, -0.05) is 54.6 Å². The van der Waals surface area contributed by atoms with Crippen molar-refractivity contribution >= 4 is 11.5 Å². The number of benzene rings is 2. The quantitative estimate of drug-likeness (QED) is 0.559. The topological polar surface area (TPSA) is 44.8 Å². The molecule has 0 radical (unpaired) electrons. The molecule has 0 amide bonds. The second-order valence-electron chi connectivity index (χ2n) is 5.19. The fraction of sp³-hybridized carbons (Fsp3) is 0.190. The van der Waals surface area contributed by atoms with E-state index in [9.17, 15) is 4.79 Å². The van der Waals surface area contributed by atoms with E-state index in [2.05, 4.69) is 4.74 Å². The lowest BCUT2D eigenvalue weighted by Crippen LogP contribution is -1.97. The molecule has 4 heteroatoms. The van der Waals surface area contributed by atoms with Gasteiger partial charge in [0.05, 0.1) is 27.8 Å². The molecule has 4 nitrogen and oxygen atoms in total. The third kappa shape index (κ3) is 4.73. The van der Waals surface area contributed by atoms with E-state index in [1.807, 2.05) is 60.7 Å². The number of allylic oxidation sites excluding steroid dienone is 2. The first-order chi connectivity index (χ1) is 12.2. The number of carbonyl (C=O) groups excluding carboxylic acids is 1. The van der Waals surface area contributed by atoms with Gasteiger partial charge in [0.2, 0.25) is 0 Å². The Morgan fingerprint density at radius 1 is 0.880 bits per heavy atom. The summed E-state index contributed by atoms with van der Waals surface area (Å²) in [5, 5.41) is 0. The Morgan fingerprint density at radius 3 is 1.88 bits per heavy atom. The van der Waals surface area contributed by atoms with Crippen molar-refractivity contribution in [2.75, 3.05) is 21.3 Å². The summed E-state index contributed by atoms with van der Waals surface area (Å²) in [6, 6.07) is 15.6. The summed E-state index contributed by atoms with van der Waals surface area (Å²) < 4.78 is 15.7. The van der Waals surface area contributed by atoms with E-state index >= 15 is 0 Å². The van der Waals surface area contributed by atoms with Crippen LogP contribution < -0.4 is 9.47 Å². The minimum Gasteiger partial charge on any atom is -0.496 e. The predicted molar refractivity (Wildman–Crippen MR) is 98.8 cm³/mol. The third-order valence-electron chi connectivity index (χ3n) is 3.71. The van der Waals surface area contributed by atoms with Gasteiger partial charge in [0.25, 0.3) is 0 Å². The molecule has 0 spiro atoms. The average Bonchev–Trinajstić information content (AvgIpc) is 2.67. The van der Waals surface area contributed by atoms with Crippen molar-refractivity contribution in [3.05, 3.63) is 77.9 Å². The van der Waals surface area contributed by atoms with Crippen LogP contribution in [-0.2, 0) is 9.53 Å². The number of para-hydroxylation sites is 2. The third-order valence-corrected chi connectivity index (χ3v) is 3.71. The Bertz CT molecular complexity index is 725. The van der Waals surface area contributed by atoms with E-state index in [4.69, 9.17) is 9.47 Å². The molecule has 0 N–H and O–H groups in total. The van der Waals surface area contributed by atoms with Gasteiger partial charge < -0.3 is 14.2 Å². The zero-order valence-electron chi connectivity index (χ0n) is 14.7. The molecule has 0 unspecified atom stereocenters. The highest BCUT2D eigenvalue weighted by Gasteiger charge is 2.13. The number of ether oxygens (including phenoxy) is 3. The Hall–Kier alpha value is -3.01. The van der Waals surface area contributed by atoms with Crippen LogP contribution in [0, 0.1) is 0 Å². The van der Waals surface area contributed by atoms with E-state index in [0.29, 0.717) is 0 Å². The Kier molecular flexibility index (Phi) is 6.84. The SMILES string of the molecule is COC(=O)C/C=C/C=C(c1ccccc1OC)c1ccccc1OC. The summed E-state index contributed by atoms with van der Waals surface area (Å²) in [5.74, 6) is 1.25. The van der Waals surface area contributed by atoms with Gasteiger partial charge in [0, 0.05) is 11.1 Å². The van der Waals surface area contributed by atoms with Crippen molar-refractivity contribution in [1.29, 1.82) is 0 Å². The number of esters is 1. The zero-order chi connectivity index (χ0) is 18.1. The fourth-order valence-electron chi connectivity index (χ4n) is 2.47. The molecule has 0 heterocycles. The lowest BCUT2D eigenvalue weighted by Gasteiger charge is -2.15. The molecular weight excluding hydrogens is 316 g/mol. The van der Waals surface area contributed by atoms with Crippen LogP contribution in [0.25, 0.3) is 5.57 Å². The summed E-state index contributed by atoms with van der Waals surface area (Å²) >= 11 is 0. The summed E-state index contributed by atoms with van der Waals surface area (Å²) in [7, 11) is 4.67. The number of hydrogen-bond acceptors (Lipinski definition) is 4. The lowest BCUT2D eigenvalue weighted by atomic mass is 9.95. The molecule has 0 bridgehead atoms. The summed E-state index contributed by atoms with van der Waals surface area (Å²) in [6.45, 7) is 0.